The maximum atomic E-state index is 13.8. The van der Waals surface area contributed by atoms with E-state index in [9.17, 15) is 22.4 Å². The minimum atomic E-state index is -4.52. The maximum Gasteiger partial charge on any atom is 0.405 e. The second kappa shape index (κ2) is 6.90. The lowest BCUT2D eigenvalue weighted by atomic mass is 10.2. The minimum absolute atomic E-state index is 0.150. The van der Waals surface area contributed by atoms with E-state index in [0.717, 1.165) is 6.20 Å². The van der Waals surface area contributed by atoms with Crippen LogP contribution >= 0.6 is 0 Å². The molecule has 3 rings (SSSR count). The van der Waals surface area contributed by atoms with Crippen LogP contribution in [-0.2, 0) is 4.79 Å². The van der Waals surface area contributed by atoms with Gasteiger partial charge < -0.3 is 15.6 Å². The third-order valence-corrected chi connectivity index (χ3v) is 3.28. The molecule has 136 valence electrons. The Labute approximate surface area is 143 Å². The van der Waals surface area contributed by atoms with E-state index in [-0.39, 0.29) is 11.6 Å². The predicted octanol–water partition coefficient (Wildman–Crippen LogP) is 1.06. The van der Waals surface area contributed by atoms with E-state index < -0.39 is 31.0 Å². The lowest BCUT2D eigenvalue weighted by Gasteiger charge is -2.10. The number of alkyl halides is 3. The molecule has 0 atom stereocenters. The van der Waals surface area contributed by atoms with Crippen LogP contribution in [0.5, 0.6) is 0 Å². The van der Waals surface area contributed by atoms with Gasteiger partial charge in [0.2, 0.25) is 5.91 Å². The fourth-order valence-electron chi connectivity index (χ4n) is 2.13. The monoisotopic (exact) mass is 370 g/mol. The first-order valence-electron chi connectivity index (χ1n) is 7.27. The molecule has 0 aliphatic heterocycles. The van der Waals surface area contributed by atoms with Crippen LogP contribution in [0.15, 0.2) is 24.9 Å². The molecule has 1 amide bonds. The number of hydrogen-bond donors (Lipinski definition) is 3. The van der Waals surface area contributed by atoms with Crippen molar-refractivity contribution in [2.75, 3.05) is 18.4 Å². The third kappa shape index (κ3) is 4.02. The van der Waals surface area contributed by atoms with Gasteiger partial charge in [-0.05, 0) is 4.98 Å². The van der Waals surface area contributed by atoms with Crippen molar-refractivity contribution in [2.24, 2.45) is 0 Å². The van der Waals surface area contributed by atoms with Crippen molar-refractivity contribution < 1.29 is 27.3 Å². The van der Waals surface area contributed by atoms with Gasteiger partial charge in [0.15, 0.2) is 17.5 Å². The molecule has 0 bridgehead atoms. The van der Waals surface area contributed by atoms with Crippen LogP contribution in [0.3, 0.4) is 0 Å². The molecule has 0 unspecified atom stereocenters. The van der Waals surface area contributed by atoms with Gasteiger partial charge in [0.1, 0.15) is 12.7 Å². The summed E-state index contributed by atoms with van der Waals surface area (Å²) in [7, 11) is 0. The zero-order valence-electron chi connectivity index (χ0n) is 13.0. The van der Waals surface area contributed by atoms with Crippen LogP contribution in [0.1, 0.15) is 0 Å². The standard InChI is InChI=1S/C14H11F4N7O/c15-9-3-21-12(8-2-20-11-7(8)1-19-6-24-11)25-13(9)22-4-10(26)23-5-14(16,17)18/h1-3,6H,4-5H2,(H,23,26)(H,19,20,24)(H,21,22,25)/p+1. The predicted molar refractivity (Wildman–Crippen MR) is 81.2 cm³/mol. The molecule has 0 saturated heterocycles. The number of fused-ring (bicyclic) bond motifs is 1. The van der Waals surface area contributed by atoms with Gasteiger partial charge in [-0.3, -0.25) is 4.79 Å². The normalized spacial score (nSPS) is 11.5. The molecule has 4 N–H and O–H groups in total. The van der Waals surface area contributed by atoms with Gasteiger partial charge in [-0.2, -0.15) is 13.2 Å². The number of rotatable bonds is 5. The minimum Gasteiger partial charge on any atom is -0.358 e. The summed E-state index contributed by atoms with van der Waals surface area (Å²) in [4.78, 5) is 29.1. The molecule has 0 fully saturated rings. The van der Waals surface area contributed by atoms with Gasteiger partial charge in [0.05, 0.1) is 23.7 Å². The Kier molecular flexibility index (Phi) is 4.65. The zero-order chi connectivity index (χ0) is 18.7. The SMILES string of the molecule is O=C(CNc1nc(-c2c[nH]c3nc[nH+]cc23)ncc1F)NCC(F)(F)F. The number of carbonyl (C=O) groups is 1. The Bertz CT molecular complexity index is 940. The van der Waals surface area contributed by atoms with Crippen molar-refractivity contribution in [3.05, 3.63) is 30.7 Å². The number of carbonyl (C=O) groups excluding carboxylic acids is 1. The Morgan fingerprint density at radius 1 is 1.31 bits per heavy atom. The maximum absolute atomic E-state index is 13.8. The van der Waals surface area contributed by atoms with E-state index in [1.807, 2.05) is 0 Å². The summed E-state index contributed by atoms with van der Waals surface area (Å²) in [6, 6.07) is 0. The van der Waals surface area contributed by atoms with Crippen molar-refractivity contribution >= 4 is 22.8 Å². The van der Waals surface area contributed by atoms with Gasteiger partial charge in [0, 0.05) is 6.20 Å². The van der Waals surface area contributed by atoms with Crippen molar-refractivity contribution in [1.82, 2.24) is 25.3 Å². The van der Waals surface area contributed by atoms with Crippen LogP contribution in [-0.4, -0.2) is 45.1 Å². The van der Waals surface area contributed by atoms with Crippen LogP contribution in [0.4, 0.5) is 23.4 Å². The number of anilines is 1. The summed E-state index contributed by atoms with van der Waals surface area (Å²) >= 11 is 0. The number of nitrogens with one attached hydrogen (secondary N) is 4. The van der Waals surface area contributed by atoms with Crippen molar-refractivity contribution in [3.63, 3.8) is 0 Å². The molecule has 0 radical (unpaired) electrons. The molecular formula is C14H12F4N7O+. The molecule has 0 aliphatic carbocycles. The van der Waals surface area contributed by atoms with Crippen LogP contribution < -0.4 is 15.6 Å². The second-order valence-corrected chi connectivity index (χ2v) is 5.17. The number of aromatic nitrogens is 5. The first kappa shape index (κ1) is 17.5. The number of nitrogens with zero attached hydrogens (tertiary/aromatic N) is 3. The second-order valence-electron chi connectivity index (χ2n) is 5.17. The van der Waals surface area contributed by atoms with E-state index in [0.29, 0.717) is 16.6 Å². The van der Waals surface area contributed by atoms with E-state index in [1.54, 1.807) is 17.7 Å². The van der Waals surface area contributed by atoms with Gasteiger partial charge in [-0.25, -0.2) is 19.3 Å². The molecule has 3 aromatic rings. The van der Waals surface area contributed by atoms with Gasteiger partial charge in [-0.1, -0.05) is 0 Å². The number of H-pyrrole nitrogens is 2. The fraction of sp³-hybridized carbons (Fsp3) is 0.214. The quantitative estimate of drug-likeness (QED) is 0.582. The van der Waals surface area contributed by atoms with Crippen molar-refractivity contribution in [2.45, 2.75) is 6.18 Å². The van der Waals surface area contributed by atoms with Crippen molar-refractivity contribution in [1.29, 1.82) is 0 Å². The smallest absolute Gasteiger partial charge is 0.358 e. The highest BCUT2D eigenvalue weighted by Gasteiger charge is 2.27. The number of hydrogen-bond acceptors (Lipinski definition) is 5. The molecule has 0 spiro atoms. The van der Waals surface area contributed by atoms with Gasteiger partial charge >= 0.3 is 6.18 Å². The molecule has 0 aliphatic rings. The number of halogens is 4. The zero-order valence-corrected chi connectivity index (χ0v) is 13.0. The van der Waals surface area contributed by atoms with E-state index >= 15 is 0 Å². The average molecular weight is 370 g/mol. The van der Waals surface area contributed by atoms with E-state index in [2.05, 4.69) is 30.2 Å². The summed E-state index contributed by atoms with van der Waals surface area (Å²) in [5.41, 5.74) is 1.10. The highest BCUT2D eigenvalue weighted by molar-refractivity contribution is 5.90. The molecule has 3 aromatic heterocycles. The van der Waals surface area contributed by atoms with E-state index in [4.69, 9.17) is 0 Å². The molecule has 26 heavy (non-hydrogen) atoms. The molecule has 8 nitrogen and oxygen atoms in total. The van der Waals surface area contributed by atoms with E-state index in [1.165, 1.54) is 6.33 Å². The Morgan fingerprint density at radius 2 is 2.12 bits per heavy atom. The third-order valence-electron chi connectivity index (χ3n) is 3.28. The fourth-order valence-corrected chi connectivity index (χ4v) is 2.13. The number of aromatic amines is 2. The molecule has 0 aromatic carbocycles. The first-order chi connectivity index (χ1) is 12.3. The Balaban J connectivity index is 1.75. The first-order valence-corrected chi connectivity index (χ1v) is 7.27. The topological polar surface area (TPSA) is 110 Å². The lowest BCUT2D eigenvalue weighted by molar-refractivity contribution is -0.380. The van der Waals surface area contributed by atoms with Gasteiger partial charge in [-0.15, -0.1) is 0 Å². The summed E-state index contributed by atoms with van der Waals surface area (Å²) in [5.74, 6) is -1.95. The largest absolute Gasteiger partial charge is 0.405 e. The number of amides is 1. The summed E-state index contributed by atoms with van der Waals surface area (Å²) in [6.07, 6.45) is 1.08. The Morgan fingerprint density at radius 3 is 2.88 bits per heavy atom. The van der Waals surface area contributed by atoms with Crippen molar-refractivity contribution in [3.8, 4) is 11.4 Å². The average Bonchev–Trinajstić information content (AvgIpc) is 3.03. The molecule has 0 saturated carbocycles. The molecule has 3 heterocycles. The summed E-state index contributed by atoms with van der Waals surface area (Å²) in [5, 5.41) is 4.69. The van der Waals surface area contributed by atoms with Crippen LogP contribution in [0.25, 0.3) is 22.4 Å². The highest BCUT2D eigenvalue weighted by Crippen LogP contribution is 2.24. The summed E-state index contributed by atoms with van der Waals surface area (Å²) < 4.78 is 50.0. The lowest BCUT2D eigenvalue weighted by Crippen LogP contribution is -2.37. The summed E-state index contributed by atoms with van der Waals surface area (Å²) in [6.45, 7) is -2.05. The van der Waals surface area contributed by atoms with Gasteiger partial charge in [0.25, 0.3) is 12.0 Å². The Hall–Kier alpha value is -3.31. The highest BCUT2D eigenvalue weighted by atomic mass is 19.4. The van der Waals surface area contributed by atoms with Crippen LogP contribution in [0.2, 0.25) is 0 Å². The van der Waals surface area contributed by atoms with Crippen LogP contribution in [0, 0.1) is 5.82 Å². The molecular weight excluding hydrogens is 358 g/mol. The molecule has 12 heteroatoms.